The Morgan fingerprint density at radius 1 is 1.37 bits per heavy atom. The van der Waals surface area contributed by atoms with Crippen molar-refractivity contribution >= 4 is 11.6 Å². The van der Waals surface area contributed by atoms with Crippen molar-refractivity contribution in [1.29, 1.82) is 0 Å². The fraction of sp³-hybridized carbons (Fsp3) is 0.231. The maximum absolute atomic E-state index is 13.0. The summed E-state index contributed by atoms with van der Waals surface area (Å²) < 4.78 is 18.2. The summed E-state index contributed by atoms with van der Waals surface area (Å²) in [7, 11) is 0. The van der Waals surface area contributed by atoms with Crippen molar-refractivity contribution in [3.8, 4) is 11.4 Å². The first-order chi connectivity index (χ1) is 9.13. The number of rotatable bonds is 2. The highest BCUT2D eigenvalue weighted by Crippen LogP contribution is 2.30. The van der Waals surface area contributed by atoms with E-state index in [1.165, 1.54) is 18.2 Å². The molecule has 1 aliphatic rings. The van der Waals surface area contributed by atoms with Gasteiger partial charge in [0.15, 0.2) is 0 Å². The second kappa shape index (κ2) is 4.75. The minimum absolute atomic E-state index is 0.0229. The number of hydrogen-bond acceptors (Lipinski definition) is 4. The van der Waals surface area contributed by atoms with Crippen LogP contribution in [0.4, 0.5) is 4.39 Å². The van der Waals surface area contributed by atoms with Crippen LogP contribution >= 0.6 is 11.6 Å². The third-order valence-corrected chi connectivity index (χ3v) is 3.36. The largest absolute Gasteiger partial charge is 0.338 e. The first-order valence-corrected chi connectivity index (χ1v) is 6.24. The van der Waals surface area contributed by atoms with Crippen molar-refractivity contribution in [2.45, 2.75) is 18.4 Å². The first kappa shape index (κ1) is 12.3. The van der Waals surface area contributed by atoms with E-state index in [9.17, 15) is 4.39 Å². The molecule has 1 aliphatic carbocycles. The summed E-state index contributed by atoms with van der Waals surface area (Å²) in [5, 5.41) is 4.13. The summed E-state index contributed by atoms with van der Waals surface area (Å²) in [6.45, 7) is 0. The number of hydrogen-bond donors (Lipinski definition) is 1. The Hall–Kier alpha value is -1.72. The lowest BCUT2D eigenvalue weighted by Crippen LogP contribution is -2.14. The molecule has 4 nitrogen and oxygen atoms in total. The van der Waals surface area contributed by atoms with E-state index in [-0.39, 0.29) is 17.0 Å². The van der Waals surface area contributed by atoms with Gasteiger partial charge in [0.2, 0.25) is 11.7 Å². The van der Waals surface area contributed by atoms with E-state index in [2.05, 4.69) is 10.1 Å². The summed E-state index contributed by atoms with van der Waals surface area (Å²) >= 11 is 5.96. The van der Waals surface area contributed by atoms with Gasteiger partial charge < -0.3 is 10.3 Å². The summed E-state index contributed by atoms with van der Waals surface area (Å²) in [6.07, 6.45) is 4.62. The monoisotopic (exact) mass is 279 g/mol. The molecule has 0 aliphatic heterocycles. The van der Waals surface area contributed by atoms with Gasteiger partial charge in [0.25, 0.3) is 0 Å². The fourth-order valence-electron chi connectivity index (χ4n) is 2.08. The van der Waals surface area contributed by atoms with Gasteiger partial charge in [-0.15, -0.1) is 0 Å². The standard InChI is InChI=1S/C13H11ClFN3O/c14-11-6-8(15)2-4-10(11)12-17-13(19-18-12)7-1-3-9(16)5-7/h1-4,6-7,9H,5,16H2. The summed E-state index contributed by atoms with van der Waals surface area (Å²) in [4.78, 5) is 4.30. The smallest absolute Gasteiger partial charge is 0.233 e. The van der Waals surface area contributed by atoms with Crippen LogP contribution in [0.1, 0.15) is 18.2 Å². The Labute approximate surface area is 114 Å². The van der Waals surface area contributed by atoms with Crippen molar-refractivity contribution in [1.82, 2.24) is 10.1 Å². The molecule has 6 heteroatoms. The molecule has 0 radical (unpaired) electrons. The van der Waals surface area contributed by atoms with Crippen LogP contribution in [0.15, 0.2) is 34.9 Å². The molecule has 0 bridgehead atoms. The number of nitrogens with two attached hydrogens (primary N) is 1. The number of allylic oxidation sites excluding steroid dienone is 1. The van der Waals surface area contributed by atoms with Crippen LogP contribution in [0.2, 0.25) is 5.02 Å². The zero-order valence-corrected chi connectivity index (χ0v) is 10.6. The lowest BCUT2D eigenvalue weighted by molar-refractivity contribution is 0.365. The van der Waals surface area contributed by atoms with Crippen LogP contribution in [0, 0.1) is 5.82 Å². The molecular weight excluding hydrogens is 269 g/mol. The maximum atomic E-state index is 13.0. The lowest BCUT2D eigenvalue weighted by Gasteiger charge is -2.02. The fourth-order valence-corrected chi connectivity index (χ4v) is 2.33. The average Bonchev–Trinajstić information content (AvgIpc) is 2.97. The molecule has 0 spiro atoms. The van der Waals surface area contributed by atoms with Crippen LogP contribution in [0.5, 0.6) is 0 Å². The Kier molecular flexibility index (Phi) is 3.08. The molecule has 2 N–H and O–H groups in total. The topological polar surface area (TPSA) is 64.9 Å². The van der Waals surface area contributed by atoms with Crippen molar-refractivity contribution < 1.29 is 8.91 Å². The zero-order chi connectivity index (χ0) is 13.4. The second-order valence-corrected chi connectivity index (χ2v) is 4.88. The predicted molar refractivity (Wildman–Crippen MR) is 69.2 cm³/mol. The molecule has 0 amide bonds. The molecule has 2 unspecified atom stereocenters. The summed E-state index contributed by atoms with van der Waals surface area (Å²) in [6, 6.07) is 4.08. The van der Waals surface area contributed by atoms with Crippen LogP contribution in [-0.2, 0) is 0 Å². The predicted octanol–water partition coefficient (Wildman–Crippen LogP) is 2.90. The van der Waals surface area contributed by atoms with Gasteiger partial charge in [-0.1, -0.05) is 28.9 Å². The average molecular weight is 280 g/mol. The van der Waals surface area contributed by atoms with Gasteiger partial charge >= 0.3 is 0 Å². The molecule has 1 aromatic carbocycles. The SMILES string of the molecule is NC1C=CC(c2nc(-c3ccc(F)cc3Cl)no2)C1. The van der Waals surface area contributed by atoms with Gasteiger partial charge in [-0.05, 0) is 24.6 Å². The van der Waals surface area contributed by atoms with E-state index in [0.717, 1.165) is 6.42 Å². The van der Waals surface area contributed by atoms with E-state index in [1.807, 2.05) is 12.2 Å². The van der Waals surface area contributed by atoms with Gasteiger partial charge in [0, 0.05) is 11.6 Å². The highest BCUT2D eigenvalue weighted by atomic mass is 35.5. The molecule has 0 fully saturated rings. The van der Waals surface area contributed by atoms with Gasteiger partial charge in [0.1, 0.15) is 5.82 Å². The summed E-state index contributed by atoms with van der Waals surface area (Å²) in [5.41, 5.74) is 6.33. The van der Waals surface area contributed by atoms with E-state index in [4.69, 9.17) is 21.9 Å². The maximum Gasteiger partial charge on any atom is 0.233 e. The van der Waals surface area contributed by atoms with Gasteiger partial charge in [-0.2, -0.15) is 4.98 Å². The second-order valence-electron chi connectivity index (χ2n) is 4.47. The quantitative estimate of drug-likeness (QED) is 0.859. The summed E-state index contributed by atoms with van der Waals surface area (Å²) in [5.74, 6) is 0.492. The molecule has 3 rings (SSSR count). The Bertz CT molecular complexity index is 641. The Balaban J connectivity index is 1.91. The molecule has 0 saturated carbocycles. The minimum Gasteiger partial charge on any atom is -0.338 e. The Morgan fingerprint density at radius 3 is 2.89 bits per heavy atom. The van der Waals surface area contributed by atoms with Crippen molar-refractivity contribution in [2.75, 3.05) is 0 Å². The molecule has 2 aromatic rings. The van der Waals surface area contributed by atoms with E-state index >= 15 is 0 Å². The van der Waals surface area contributed by atoms with Gasteiger partial charge in [-0.25, -0.2) is 4.39 Å². The van der Waals surface area contributed by atoms with Crippen LogP contribution < -0.4 is 5.73 Å². The highest BCUT2D eigenvalue weighted by Gasteiger charge is 2.23. The van der Waals surface area contributed by atoms with E-state index in [0.29, 0.717) is 17.3 Å². The van der Waals surface area contributed by atoms with Gasteiger partial charge in [0.05, 0.1) is 10.9 Å². The van der Waals surface area contributed by atoms with Crippen molar-refractivity contribution in [3.63, 3.8) is 0 Å². The highest BCUT2D eigenvalue weighted by molar-refractivity contribution is 6.33. The van der Waals surface area contributed by atoms with E-state index < -0.39 is 5.82 Å². The molecule has 19 heavy (non-hydrogen) atoms. The molecule has 1 heterocycles. The first-order valence-electron chi connectivity index (χ1n) is 5.86. The molecule has 1 aromatic heterocycles. The number of nitrogens with zero attached hydrogens (tertiary/aromatic N) is 2. The molecule has 98 valence electrons. The number of halogens is 2. The molecular formula is C13H11ClFN3O. The zero-order valence-electron chi connectivity index (χ0n) is 9.88. The van der Waals surface area contributed by atoms with Gasteiger partial charge in [-0.3, -0.25) is 0 Å². The minimum atomic E-state index is -0.401. The molecule has 2 atom stereocenters. The van der Waals surface area contributed by atoms with Crippen LogP contribution in [-0.4, -0.2) is 16.2 Å². The normalized spacial score (nSPS) is 22.1. The number of aromatic nitrogens is 2. The van der Waals surface area contributed by atoms with Crippen LogP contribution in [0.25, 0.3) is 11.4 Å². The Morgan fingerprint density at radius 2 is 2.21 bits per heavy atom. The van der Waals surface area contributed by atoms with Crippen LogP contribution in [0.3, 0.4) is 0 Å². The van der Waals surface area contributed by atoms with Crippen molar-refractivity contribution in [2.24, 2.45) is 5.73 Å². The van der Waals surface area contributed by atoms with Crippen molar-refractivity contribution in [3.05, 3.63) is 47.1 Å². The van der Waals surface area contributed by atoms with E-state index in [1.54, 1.807) is 0 Å². The number of benzene rings is 1. The molecule has 0 saturated heterocycles. The lowest BCUT2D eigenvalue weighted by atomic mass is 10.1. The third kappa shape index (κ3) is 2.39. The third-order valence-electron chi connectivity index (χ3n) is 3.05.